The molecule has 2 saturated heterocycles. The molecule has 0 bridgehead atoms. The first kappa shape index (κ1) is 24.5. The molecule has 182 valence electrons. The zero-order valence-corrected chi connectivity index (χ0v) is 20.3. The van der Waals surface area contributed by atoms with E-state index in [4.69, 9.17) is 23.2 Å². The van der Waals surface area contributed by atoms with Crippen LogP contribution in [0.5, 0.6) is 0 Å². The summed E-state index contributed by atoms with van der Waals surface area (Å²) in [5.41, 5.74) is 0.867. The fourth-order valence-corrected chi connectivity index (χ4v) is 5.34. The zero-order chi connectivity index (χ0) is 24.4. The third kappa shape index (κ3) is 5.08. The lowest BCUT2D eigenvalue weighted by molar-refractivity contribution is -0.135. The Balaban J connectivity index is 1.48. The molecule has 3 heterocycles. The Bertz CT molecular complexity index is 1050. The molecule has 2 fully saturated rings. The van der Waals surface area contributed by atoms with E-state index in [-0.39, 0.29) is 29.6 Å². The highest BCUT2D eigenvalue weighted by molar-refractivity contribution is 6.42. The smallest absolute Gasteiger partial charge is 0.407 e. The van der Waals surface area contributed by atoms with E-state index < -0.39 is 6.09 Å². The maximum Gasteiger partial charge on any atom is 0.407 e. The van der Waals surface area contributed by atoms with Gasteiger partial charge in [-0.2, -0.15) is 0 Å². The lowest BCUT2D eigenvalue weighted by atomic mass is 9.93. The van der Waals surface area contributed by atoms with Crippen molar-refractivity contribution < 1.29 is 19.1 Å². The average molecular weight is 509 g/mol. The van der Waals surface area contributed by atoms with Gasteiger partial charge < -0.3 is 19.8 Å². The Morgan fingerprint density at radius 3 is 2.47 bits per heavy atom. The second kappa shape index (κ2) is 10.4. The molecule has 1 aromatic carbocycles. The van der Waals surface area contributed by atoms with Gasteiger partial charge >= 0.3 is 6.09 Å². The van der Waals surface area contributed by atoms with Gasteiger partial charge in [0.15, 0.2) is 0 Å². The average Bonchev–Trinajstić information content (AvgIpc) is 3.26. The molecule has 0 saturated carbocycles. The summed E-state index contributed by atoms with van der Waals surface area (Å²) in [6.07, 6.45) is 1.51. The van der Waals surface area contributed by atoms with E-state index >= 15 is 0 Å². The number of piperidine rings is 1. The molecular formula is C24H27Cl2FN4O3. The number of benzene rings is 1. The number of aromatic nitrogens is 1. The van der Waals surface area contributed by atoms with Crippen LogP contribution in [-0.2, 0) is 4.79 Å². The standard InChI is InChI=1S/C24H27Cl2FN4O3/c1-2-31(24(33)34)21-14-30(13-18(21)16-3-5-19(25)20(26)11-16)23(32)15-7-9-29(10-8-15)22-6-4-17(27)12-28-22/h3-6,11-12,15,18,21H,2,7-10,13-14H2,1H3,(H,33,34)/t18-,21+/m0/s1. The molecule has 2 amide bonds. The number of likely N-dealkylation sites (tertiary alicyclic amines) is 1. The number of rotatable bonds is 5. The Morgan fingerprint density at radius 1 is 1.15 bits per heavy atom. The van der Waals surface area contributed by atoms with E-state index in [1.807, 2.05) is 6.07 Å². The summed E-state index contributed by atoms with van der Waals surface area (Å²) >= 11 is 12.3. The molecule has 4 rings (SSSR count). The monoisotopic (exact) mass is 508 g/mol. The first-order valence-corrected chi connectivity index (χ1v) is 12.1. The van der Waals surface area contributed by atoms with E-state index in [0.717, 1.165) is 5.56 Å². The predicted octanol–water partition coefficient (Wildman–Crippen LogP) is 4.74. The van der Waals surface area contributed by atoms with Crippen molar-refractivity contribution in [2.75, 3.05) is 37.6 Å². The van der Waals surface area contributed by atoms with Crippen molar-refractivity contribution in [3.8, 4) is 0 Å². The number of anilines is 1. The van der Waals surface area contributed by atoms with Gasteiger partial charge in [0, 0.05) is 44.6 Å². The van der Waals surface area contributed by atoms with Crippen molar-refractivity contribution in [2.24, 2.45) is 5.92 Å². The molecule has 2 aromatic rings. The van der Waals surface area contributed by atoms with Crippen LogP contribution in [0.15, 0.2) is 36.5 Å². The number of carbonyl (C=O) groups is 2. The SMILES string of the molecule is CCN(C(=O)O)[C@@H]1CN(C(=O)C2CCN(c3ccc(F)cn3)CC2)C[C@H]1c1ccc(Cl)c(Cl)c1. The second-order valence-electron chi connectivity index (χ2n) is 8.76. The van der Waals surface area contributed by atoms with Gasteiger partial charge in [-0.15, -0.1) is 0 Å². The highest BCUT2D eigenvalue weighted by atomic mass is 35.5. The van der Waals surface area contributed by atoms with E-state index in [0.29, 0.717) is 61.4 Å². The van der Waals surface area contributed by atoms with E-state index in [1.54, 1.807) is 30.0 Å². The van der Waals surface area contributed by atoms with Crippen LogP contribution in [0.3, 0.4) is 0 Å². The molecule has 7 nitrogen and oxygen atoms in total. The number of amides is 2. The molecule has 0 spiro atoms. The largest absolute Gasteiger partial charge is 0.465 e. The normalized spacial score (nSPS) is 21.1. The van der Waals surface area contributed by atoms with Crippen LogP contribution in [0.4, 0.5) is 15.0 Å². The summed E-state index contributed by atoms with van der Waals surface area (Å²) in [5.74, 6) is 0.0217. The summed E-state index contributed by atoms with van der Waals surface area (Å²) in [7, 11) is 0. The molecule has 2 atom stereocenters. The third-order valence-electron chi connectivity index (χ3n) is 6.84. The van der Waals surface area contributed by atoms with Crippen molar-refractivity contribution >= 4 is 41.0 Å². The Labute approximate surface area is 208 Å². The lowest BCUT2D eigenvalue weighted by Gasteiger charge is -2.34. The summed E-state index contributed by atoms with van der Waals surface area (Å²) in [6, 6.07) is 7.98. The quantitative estimate of drug-likeness (QED) is 0.631. The molecule has 34 heavy (non-hydrogen) atoms. The number of pyridine rings is 1. The third-order valence-corrected chi connectivity index (χ3v) is 7.58. The second-order valence-corrected chi connectivity index (χ2v) is 9.57. The van der Waals surface area contributed by atoms with Crippen molar-refractivity contribution in [1.29, 1.82) is 0 Å². The van der Waals surface area contributed by atoms with Crippen molar-refractivity contribution in [3.05, 3.63) is 58.0 Å². The van der Waals surface area contributed by atoms with Crippen LogP contribution >= 0.6 is 23.2 Å². The van der Waals surface area contributed by atoms with Gasteiger partial charge in [-0.3, -0.25) is 4.79 Å². The minimum atomic E-state index is -1.01. The number of hydrogen-bond donors (Lipinski definition) is 1. The Hall–Kier alpha value is -2.58. The van der Waals surface area contributed by atoms with E-state index in [2.05, 4.69) is 9.88 Å². The first-order chi connectivity index (χ1) is 16.3. The van der Waals surface area contributed by atoms with Crippen molar-refractivity contribution in [3.63, 3.8) is 0 Å². The Morgan fingerprint density at radius 2 is 1.88 bits per heavy atom. The maximum atomic E-state index is 13.4. The van der Waals surface area contributed by atoms with Crippen LogP contribution in [0, 0.1) is 11.7 Å². The van der Waals surface area contributed by atoms with Crippen LogP contribution in [0.25, 0.3) is 0 Å². The zero-order valence-electron chi connectivity index (χ0n) is 18.8. The number of halogens is 3. The summed E-state index contributed by atoms with van der Waals surface area (Å²) in [6.45, 7) is 4.18. The van der Waals surface area contributed by atoms with Gasteiger partial charge in [0.1, 0.15) is 11.6 Å². The molecule has 0 unspecified atom stereocenters. The van der Waals surface area contributed by atoms with Crippen molar-refractivity contribution in [2.45, 2.75) is 31.7 Å². The van der Waals surface area contributed by atoms with Gasteiger partial charge in [0.05, 0.1) is 22.3 Å². The maximum absolute atomic E-state index is 13.4. The van der Waals surface area contributed by atoms with Gasteiger partial charge in [-0.25, -0.2) is 14.2 Å². The fourth-order valence-electron chi connectivity index (χ4n) is 5.03. The van der Waals surface area contributed by atoms with Gasteiger partial charge in [-0.05, 0) is 49.6 Å². The molecule has 2 aliphatic heterocycles. The van der Waals surface area contributed by atoms with Gasteiger partial charge in [-0.1, -0.05) is 29.3 Å². The van der Waals surface area contributed by atoms with E-state index in [1.165, 1.54) is 17.2 Å². The molecule has 0 aliphatic carbocycles. The first-order valence-electron chi connectivity index (χ1n) is 11.4. The van der Waals surface area contributed by atoms with Gasteiger partial charge in [0.25, 0.3) is 0 Å². The number of carbonyl (C=O) groups excluding carboxylic acids is 1. The van der Waals surface area contributed by atoms with Crippen LogP contribution in [-0.4, -0.2) is 70.7 Å². The molecule has 2 aliphatic rings. The summed E-state index contributed by atoms with van der Waals surface area (Å²) in [4.78, 5) is 34.7. The van der Waals surface area contributed by atoms with Crippen LogP contribution in [0.2, 0.25) is 10.0 Å². The summed E-state index contributed by atoms with van der Waals surface area (Å²) < 4.78 is 13.2. The predicted molar refractivity (Wildman–Crippen MR) is 129 cm³/mol. The molecule has 1 N–H and O–H groups in total. The van der Waals surface area contributed by atoms with Crippen molar-refractivity contribution in [1.82, 2.24) is 14.8 Å². The van der Waals surface area contributed by atoms with Gasteiger partial charge in [0.2, 0.25) is 5.91 Å². The highest BCUT2D eigenvalue weighted by Crippen LogP contribution is 2.36. The highest BCUT2D eigenvalue weighted by Gasteiger charge is 2.42. The van der Waals surface area contributed by atoms with E-state index in [9.17, 15) is 19.1 Å². The molecular weight excluding hydrogens is 482 g/mol. The van der Waals surface area contributed by atoms with Crippen LogP contribution in [0.1, 0.15) is 31.2 Å². The lowest BCUT2D eigenvalue weighted by Crippen LogP contribution is -2.45. The number of nitrogens with zero attached hydrogens (tertiary/aromatic N) is 4. The fraction of sp³-hybridized carbons (Fsp3) is 0.458. The number of likely N-dealkylation sites (N-methyl/N-ethyl adjacent to an activating group) is 1. The molecule has 0 radical (unpaired) electrons. The topological polar surface area (TPSA) is 77.0 Å². The Kier molecular flexibility index (Phi) is 7.48. The minimum absolute atomic E-state index is 0.0423. The van der Waals surface area contributed by atoms with Crippen LogP contribution < -0.4 is 4.90 Å². The number of carboxylic acid groups (broad SMARTS) is 1. The molecule has 1 aromatic heterocycles. The summed E-state index contributed by atoms with van der Waals surface area (Å²) in [5, 5.41) is 10.6. The number of hydrogen-bond acceptors (Lipinski definition) is 4. The molecule has 10 heteroatoms. The minimum Gasteiger partial charge on any atom is -0.465 e.